The third-order valence-electron chi connectivity index (χ3n) is 2.86. The first-order valence-electron chi connectivity index (χ1n) is 6.21. The van der Waals surface area contributed by atoms with Crippen LogP contribution in [0.4, 0.5) is 4.39 Å². The molecule has 6 heteroatoms. The fourth-order valence-corrected chi connectivity index (χ4v) is 1.85. The Kier molecular flexibility index (Phi) is 3.51. The van der Waals surface area contributed by atoms with Gasteiger partial charge in [0.2, 0.25) is 6.79 Å². The SMILES string of the molecule is O=C(NN=Cc1ccc2c(c1)OCO2)c1cccc(F)c1. The first-order chi connectivity index (χ1) is 10.2. The molecule has 1 amide bonds. The Morgan fingerprint density at radius 1 is 1.19 bits per heavy atom. The lowest BCUT2D eigenvalue weighted by Crippen LogP contribution is -2.17. The number of carbonyl (C=O) groups is 1. The molecular weight excluding hydrogens is 275 g/mol. The van der Waals surface area contributed by atoms with Crippen LogP contribution < -0.4 is 14.9 Å². The number of hydrogen-bond donors (Lipinski definition) is 1. The number of hydrogen-bond acceptors (Lipinski definition) is 4. The molecule has 1 aliphatic heterocycles. The molecule has 5 nitrogen and oxygen atoms in total. The molecule has 0 aromatic heterocycles. The van der Waals surface area contributed by atoms with Crippen molar-refractivity contribution in [1.29, 1.82) is 0 Å². The van der Waals surface area contributed by atoms with Crippen LogP contribution in [-0.2, 0) is 0 Å². The van der Waals surface area contributed by atoms with Gasteiger partial charge in [0.25, 0.3) is 5.91 Å². The minimum absolute atomic E-state index is 0.201. The molecule has 1 N–H and O–H groups in total. The van der Waals surface area contributed by atoms with Gasteiger partial charge >= 0.3 is 0 Å². The quantitative estimate of drug-likeness (QED) is 0.696. The lowest BCUT2D eigenvalue weighted by molar-refractivity contribution is 0.0954. The summed E-state index contributed by atoms with van der Waals surface area (Å²) in [6.45, 7) is 0.201. The van der Waals surface area contributed by atoms with Crippen molar-refractivity contribution in [1.82, 2.24) is 5.43 Å². The number of amides is 1. The van der Waals surface area contributed by atoms with Crippen LogP contribution in [0.1, 0.15) is 15.9 Å². The second kappa shape index (κ2) is 5.62. The van der Waals surface area contributed by atoms with E-state index < -0.39 is 11.7 Å². The van der Waals surface area contributed by atoms with Gasteiger partial charge in [0.1, 0.15) is 5.82 Å². The lowest BCUT2D eigenvalue weighted by atomic mass is 10.2. The highest BCUT2D eigenvalue weighted by atomic mass is 19.1. The molecule has 0 saturated heterocycles. The number of halogens is 1. The van der Waals surface area contributed by atoms with Crippen LogP contribution in [0.2, 0.25) is 0 Å². The van der Waals surface area contributed by atoms with E-state index in [4.69, 9.17) is 9.47 Å². The molecule has 0 fully saturated rings. The van der Waals surface area contributed by atoms with E-state index in [0.29, 0.717) is 11.5 Å². The summed E-state index contributed by atoms with van der Waals surface area (Å²) in [6, 6.07) is 10.7. The fraction of sp³-hybridized carbons (Fsp3) is 0.0667. The summed E-state index contributed by atoms with van der Waals surface area (Å²) < 4.78 is 23.4. The van der Waals surface area contributed by atoms with E-state index in [2.05, 4.69) is 10.5 Å². The summed E-state index contributed by atoms with van der Waals surface area (Å²) in [6.07, 6.45) is 1.47. The second-order valence-electron chi connectivity index (χ2n) is 4.32. The third kappa shape index (κ3) is 3.00. The molecule has 106 valence electrons. The van der Waals surface area contributed by atoms with E-state index >= 15 is 0 Å². The predicted molar refractivity (Wildman–Crippen MR) is 74.0 cm³/mol. The van der Waals surface area contributed by atoms with Gasteiger partial charge in [-0.2, -0.15) is 5.10 Å². The number of ether oxygens (including phenoxy) is 2. The number of hydrazone groups is 1. The largest absolute Gasteiger partial charge is 0.454 e. The number of benzene rings is 2. The van der Waals surface area contributed by atoms with E-state index in [1.165, 1.54) is 24.4 Å². The van der Waals surface area contributed by atoms with Gasteiger partial charge < -0.3 is 9.47 Å². The Bertz CT molecular complexity index is 716. The van der Waals surface area contributed by atoms with Crippen LogP contribution >= 0.6 is 0 Å². The van der Waals surface area contributed by atoms with Crippen LogP contribution in [0, 0.1) is 5.82 Å². The number of nitrogens with zero attached hydrogens (tertiary/aromatic N) is 1. The van der Waals surface area contributed by atoms with Crippen LogP contribution in [0.25, 0.3) is 0 Å². The zero-order valence-corrected chi connectivity index (χ0v) is 10.9. The van der Waals surface area contributed by atoms with E-state index in [1.54, 1.807) is 18.2 Å². The Morgan fingerprint density at radius 3 is 2.90 bits per heavy atom. The normalized spacial score (nSPS) is 12.6. The van der Waals surface area contributed by atoms with Gasteiger partial charge in [-0.3, -0.25) is 4.79 Å². The maximum atomic E-state index is 13.0. The molecule has 0 saturated carbocycles. The number of fused-ring (bicyclic) bond motifs is 1. The summed E-state index contributed by atoms with van der Waals surface area (Å²) in [5, 5.41) is 3.83. The topological polar surface area (TPSA) is 59.9 Å². The number of rotatable bonds is 3. The van der Waals surface area contributed by atoms with Crippen molar-refractivity contribution in [2.75, 3.05) is 6.79 Å². The molecule has 21 heavy (non-hydrogen) atoms. The molecule has 3 rings (SSSR count). The molecule has 2 aromatic rings. The van der Waals surface area contributed by atoms with Crippen molar-refractivity contribution in [2.45, 2.75) is 0 Å². The van der Waals surface area contributed by atoms with E-state index in [-0.39, 0.29) is 12.4 Å². The average molecular weight is 286 g/mol. The van der Waals surface area contributed by atoms with Gasteiger partial charge in [-0.1, -0.05) is 6.07 Å². The van der Waals surface area contributed by atoms with Gasteiger partial charge in [0.05, 0.1) is 6.21 Å². The summed E-state index contributed by atoms with van der Waals surface area (Å²) in [4.78, 5) is 11.7. The zero-order chi connectivity index (χ0) is 14.7. The van der Waals surface area contributed by atoms with Crippen molar-refractivity contribution < 1.29 is 18.7 Å². The highest BCUT2D eigenvalue weighted by molar-refractivity contribution is 5.94. The van der Waals surface area contributed by atoms with Gasteiger partial charge in [0, 0.05) is 5.56 Å². The maximum absolute atomic E-state index is 13.0. The zero-order valence-electron chi connectivity index (χ0n) is 10.9. The van der Waals surface area contributed by atoms with Crippen molar-refractivity contribution in [2.24, 2.45) is 5.10 Å². The van der Waals surface area contributed by atoms with Crippen molar-refractivity contribution in [3.05, 3.63) is 59.4 Å². The Balaban J connectivity index is 1.65. The first-order valence-corrected chi connectivity index (χ1v) is 6.21. The molecule has 0 unspecified atom stereocenters. The Hall–Kier alpha value is -2.89. The molecule has 2 aromatic carbocycles. The second-order valence-corrected chi connectivity index (χ2v) is 4.32. The third-order valence-corrected chi connectivity index (χ3v) is 2.86. The van der Waals surface area contributed by atoms with Gasteiger partial charge in [-0.05, 0) is 42.0 Å². The standard InChI is InChI=1S/C15H11FN2O3/c16-12-3-1-2-11(7-12)15(19)18-17-8-10-4-5-13-14(6-10)21-9-20-13/h1-8H,9H2,(H,18,19). The van der Waals surface area contributed by atoms with Crippen molar-refractivity contribution in [3.63, 3.8) is 0 Å². The number of carbonyl (C=O) groups excluding carboxylic acids is 1. The molecule has 0 radical (unpaired) electrons. The first kappa shape index (κ1) is 13.1. The van der Waals surface area contributed by atoms with E-state index in [1.807, 2.05) is 0 Å². The van der Waals surface area contributed by atoms with Gasteiger partial charge in [0.15, 0.2) is 11.5 Å². The lowest BCUT2D eigenvalue weighted by Gasteiger charge is -2.00. The molecule has 1 heterocycles. The summed E-state index contributed by atoms with van der Waals surface area (Å²) >= 11 is 0. The summed E-state index contributed by atoms with van der Waals surface area (Å²) in [5.74, 6) is 0.361. The maximum Gasteiger partial charge on any atom is 0.271 e. The van der Waals surface area contributed by atoms with Crippen LogP contribution in [0.15, 0.2) is 47.6 Å². The minimum Gasteiger partial charge on any atom is -0.454 e. The molecule has 0 aliphatic carbocycles. The van der Waals surface area contributed by atoms with Gasteiger partial charge in [-0.25, -0.2) is 9.82 Å². The van der Waals surface area contributed by atoms with Crippen LogP contribution in [0.3, 0.4) is 0 Å². The van der Waals surface area contributed by atoms with Crippen molar-refractivity contribution in [3.8, 4) is 11.5 Å². The van der Waals surface area contributed by atoms with Crippen molar-refractivity contribution >= 4 is 12.1 Å². The highest BCUT2D eigenvalue weighted by Crippen LogP contribution is 2.31. The molecule has 1 aliphatic rings. The number of nitrogens with one attached hydrogen (secondary N) is 1. The average Bonchev–Trinajstić information content (AvgIpc) is 2.94. The minimum atomic E-state index is -0.480. The molecule has 0 spiro atoms. The summed E-state index contributed by atoms with van der Waals surface area (Å²) in [5.41, 5.74) is 3.29. The molecule has 0 atom stereocenters. The van der Waals surface area contributed by atoms with E-state index in [9.17, 15) is 9.18 Å². The summed E-state index contributed by atoms with van der Waals surface area (Å²) in [7, 11) is 0. The molecular formula is C15H11FN2O3. The highest BCUT2D eigenvalue weighted by Gasteiger charge is 2.12. The smallest absolute Gasteiger partial charge is 0.271 e. The molecule has 0 bridgehead atoms. The van der Waals surface area contributed by atoms with E-state index in [0.717, 1.165) is 11.6 Å². The fourth-order valence-electron chi connectivity index (χ4n) is 1.85. The Labute approximate surface area is 120 Å². The van der Waals surface area contributed by atoms with Crippen LogP contribution in [0.5, 0.6) is 11.5 Å². The van der Waals surface area contributed by atoms with Crippen LogP contribution in [-0.4, -0.2) is 18.9 Å². The Morgan fingerprint density at radius 2 is 2.05 bits per heavy atom. The predicted octanol–water partition coefficient (Wildman–Crippen LogP) is 2.32. The monoisotopic (exact) mass is 286 g/mol. The van der Waals surface area contributed by atoms with Gasteiger partial charge in [-0.15, -0.1) is 0 Å².